The fourth-order valence-corrected chi connectivity index (χ4v) is 3.37. The molecule has 2 nitrogen and oxygen atoms in total. The lowest BCUT2D eigenvalue weighted by molar-refractivity contribution is 0.663. The molecule has 0 bridgehead atoms. The van der Waals surface area contributed by atoms with E-state index < -0.39 is 10.8 Å². The molecule has 1 rings (SSSR count). The van der Waals surface area contributed by atoms with Crippen LogP contribution in [0, 0.1) is 0 Å². The third kappa shape index (κ3) is 4.02. The van der Waals surface area contributed by atoms with Crippen LogP contribution in [0.1, 0.15) is 18.2 Å². The van der Waals surface area contributed by atoms with Gasteiger partial charge in [0, 0.05) is 27.5 Å². The molecule has 0 radical (unpaired) electrons. The van der Waals surface area contributed by atoms with Crippen LogP contribution in [0.5, 0.6) is 0 Å². The molecule has 2 N–H and O–H groups in total. The third-order valence-electron chi connectivity index (χ3n) is 1.81. The van der Waals surface area contributed by atoms with Gasteiger partial charge in [-0.2, -0.15) is 0 Å². The summed E-state index contributed by atoms with van der Waals surface area (Å²) in [5, 5.41) is 2.01. The molecule has 2 atom stereocenters. The lowest BCUT2D eigenvalue weighted by Gasteiger charge is -2.06. The summed E-state index contributed by atoms with van der Waals surface area (Å²) in [6, 6.07) is 4.08. The molecule has 1 aromatic rings. The van der Waals surface area contributed by atoms with Crippen molar-refractivity contribution >= 4 is 22.1 Å². The van der Waals surface area contributed by atoms with Gasteiger partial charge in [-0.3, -0.25) is 4.21 Å². The van der Waals surface area contributed by atoms with E-state index >= 15 is 0 Å². The molecule has 0 aliphatic carbocycles. The maximum atomic E-state index is 11.5. The van der Waals surface area contributed by atoms with Crippen molar-refractivity contribution in [3.63, 3.8) is 0 Å². The first-order valence-electron chi connectivity index (χ1n) is 4.35. The maximum Gasteiger partial charge on any atom is 0.0580 e. The van der Waals surface area contributed by atoms with Crippen LogP contribution < -0.4 is 5.73 Å². The number of hydrogen-bond donors (Lipinski definition) is 1. The highest BCUT2D eigenvalue weighted by atomic mass is 32.2. The highest BCUT2D eigenvalue weighted by molar-refractivity contribution is 7.84. The molecule has 1 heterocycles. The summed E-state index contributed by atoms with van der Waals surface area (Å²) in [5.74, 6) is 1.28. The number of thiophene rings is 1. The lowest BCUT2D eigenvalue weighted by Crippen LogP contribution is -2.26. The van der Waals surface area contributed by atoms with Crippen molar-refractivity contribution in [2.24, 2.45) is 5.73 Å². The summed E-state index contributed by atoms with van der Waals surface area (Å²) in [4.78, 5) is 1.18. The average molecular weight is 217 g/mol. The minimum Gasteiger partial charge on any atom is -0.327 e. The van der Waals surface area contributed by atoms with Crippen LogP contribution in [0.4, 0.5) is 0 Å². The van der Waals surface area contributed by atoms with E-state index in [4.69, 9.17) is 5.73 Å². The molecule has 0 saturated heterocycles. The van der Waals surface area contributed by atoms with Crippen molar-refractivity contribution in [3.05, 3.63) is 22.4 Å². The zero-order valence-electron chi connectivity index (χ0n) is 7.73. The van der Waals surface area contributed by atoms with Gasteiger partial charge in [0.15, 0.2) is 0 Å². The van der Waals surface area contributed by atoms with E-state index in [1.165, 1.54) is 4.88 Å². The predicted octanol–water partition coefficient (Wildman–Crippen LogP) is 1.73. The van der Waals surface area contributed by atoms with E-state index in [9.17, 15) is 4.21 Å². The molecular weight excluding hydrogens is 202 g/mol. The molecule has 74 valence electrons. The number of rotatable bonds is 5. The quantitative estimate of drug-likeness (QED) is 0.816. The molecular formula is C9H15NOS2. The summed E-state index contributed by atoms with van der Waals surface area (Å²) in [7, 11) is -0.794. The molecule has 0 saturated carbocycles. The largest absolute Gasteiger partial charge is 0.327 e. The number of hydrogen-bond acceptors (Lipinski definition) is 3. The van der Waals surface area contributed by atoms with Gasteiger partial charge in [-0.05, 0) is 17.9 Å². The molecule has 1 aromatic heterocycles. The Balaban J connectivity index is 2.34. The second-order valence-electron chi connectivity index (χ2n) is 3.00. The zero-order valence-corrected chi connectivity index (χ0v) is 9.37. The summed E-state index contributed by atoms with van der Waals surface area (Å²) >= 11 is 1.65. The molecule has 0 aliphatic rings. The molecule has 0 aliphatic heterocycles. The fourth-order valence-electron chi connectivity index (χ4n) is 0.969. The van der Waals surface area contributed by atoms with E-state index in [1.54, 1.807) is 11.3 Å². The van der Waals surface area contributed by atoms with Gasteiger partial charge in [0.05, 0.1) is 5.75 Å². The summed E-state index contributed by atoms with van der Waals surface area (Å²) < 4.78 is 11.5. The third-order valence-corrected chi connectivity index (χ3v) is 4.30. The molecule has 0 spiro atoms. The predicted molar refractivity (Wildman–Crippen MR) is 59.3 cm³/mol. The van der Waals surface area contributed by atoms with Crippen molar-refractivity contribution in [2.45, 2.75) is 25.1 Å². The van der Waals surface area contributed by atoms with Gasteiger partial charge < -0.3 is 5.73 Å². The van der Waals surface area contributed by atoms with E-state index in [-0.39, 0.29) is 6.04 Å². The second kappa shape index (κ2) is 5.52. The van der Waals surface area contributed by atoms with E-state index in [1.807, 2.05) is 24.4 Å². The second-order valence-corrected chi connectivity index (χ2v) is 5.53. The lowest BCUT2D eigenvalue weighted by atomic mass is 10.3. The van der Waals surface area contributed by atoms with Crippen molar-refractivity contribution in [1.82, 2.24) is 0 Å². The first-order valence-corrected chi connectivity index (χ1v) is 6.72. The van der Waals surface area contributed by atoms with Crippen LogP contribution in [0.25, 0.3) is 0 Å². The number of nitrogens with two attached hydrogens (primary N) is 1. The van der Waals surface area contributed by atoms with Crippen molar-refractivity contribution in [1.29, 1.82) is 0 Å². The van der Waals surface area contributed by atoms with Gasteiger partial charge in [0.1, 0.15) is 0 Å². The Bertz CT molecular complexity index is 259. The minimum atomic E-state index is -0.794. The van der Waals surface area contributed by atoms with Gasteiger partial charge in [-0.15, -0.1) is 11.3 Å². The fraction of sp³-hybridized carbons (Fsp3) is 0.556. The van der Waals surface area contributed by atoms with Crippen LogP contribution in [0.2, 0.25) is 0 Å². The highest BCUT2D eigenvalue weighted by Gasteiger charge is 2.07. The van der Waals surface area contributed by atoms with Crippen LogP contribution in [0.3, 0.4) is 0 Å². The topological polar surface area (TPSA) is 43.1 Å². The van der Waals surface area contributed by atoms with Crippen LogP contribution in [-0.2, 0) is 16.6 Å². The Labute approximate surface area is 85.6 Å². The summed E-state index contributed by atoms with van der Waals surface area (Å²) in [6.07, 6.45) is 0.899. The Morgan fingerprint density at radius 2 is 2.46 bits per heavy atom. The Hall–Kier alpha value is -0.190. The van der Waals surface area contributed by atoms with Gasteiger partial charge in [-0.1, -0.05) is 13.0 Å². The van der Waals surface area contributed by atoms with E-state index in [0.717, 1.165) is 6.42 Å². The molecule has 13 heavy (non-hydrogen) atoms. The van der Waals surface area contributed by atoms with Crippen molar-refractivity contribution < 1.29 is 4.21 Å². The molecule has 4 heteroatoms. The van der Waals surface area contributed by atoms with Gasteiger partial charge in [-0.25, -0.2) is 0 Å². The molecule has 0 aromatic carbocycles. The normalized spacial score (nSPS) is 15.5. The smallest absolute Gasteiger partial charge is 0.0580 e. The highest BCUT2D eigenvalue weighted by Crippen LogP contribution is 2.11. The van der Waals surface area contributed by atoms with Crippen LogP contribution in [-0.4, -0.2) is 16.0 Å². The first kappa shape index (κ1) is 10.9. The Morgan fingerprint density at radius 3 is 3.00 bits per heavy atom. The maximum absolute atomic E-state index is 11.5. The van der Waals surface area contributed by atoms with Gasteiger partial charge >= 0.3 is 0 Å². The first-order chi connectivity index (χ1) is 6.22. The molecule has 0 fully saturated rings. The van der Waals surface area contributed by atoms with E-state index in [2.05, 4.69) is 0 Å². The van der Waals surface area contributed by atoms with Gasteiger partial charge in [0.25, 0.3) is 0 Å². The Kier molecular flexibility index (Phi) is 4.62. The van der Waals surface area contributed by atoms with Crippen molar-refractivity contribution in [3.8, 4) is 0 Å². The zero-order chi connectivity index (χ0) is 9.68. The van der Waals surface area contributed by atoms with Crippen LogP contribution in [0.15, 0.2) is 17.5 Å². The SMILES string of the molecule is CCC(N)CS(=O)Cc1cccs1. The monoisotopic (exact) mass is 217 g/mol. The molecule has 0 amide bonds. The average Bonchev–Trinajstić information content (AvgIpc) is 2.56. The molecule has 2 unspecified atom stereocenters. The van der Waals surface area contributed by atoms with Gasteiger partial charge in [0.2, 0.25) is 0 Å². The summed E-state index contributed by atoms with van der Waals surface area (Å²) in [5.41, 5.74) is 5.71. The standard InChI is InChI=1S/C9H15NOS2/c1-2-8(10)6-13(11)7-9-4-3-5-12-9/h3-5,8H,2,6-7,10H2,1H3. The Morgan fingerprint density at radius 1 is 1.69 bits per heavy atom. The van der Waals surface area contributed by atoms with Crippen molar-refractivity contribution in [2.75, 3.05) is 5.75 Å². The minimum absolute atomic E-state index is 0.0841. The summed E-state index contributed by atoms with van der Waals surface area (Å²) in [6.45, 7) is 2.02. The van der Waals surface area contributed by atoms with Crippen LogP contribution >= 0.6 is 11.3 Å². The van der Waals surface area contributed by atoms with E-state index in [0.29, 0.717) is 11.5 Å².